The summed E-state index contributed by atoms with van der Waals surface area (Å²) in [5.41, 5.74) is 8.06. The monoisotopic (exact) mass is 249 g/mol. The first-order valence-corrected chi connectivity index (χ1v) is 6.66. The molecule has 0 saturated heterocycles. The zero-order chi connectivity index (χ0) is 12.5. The van der Waals surface area contributed by atoms with Crippen molar-refractivity contribution in [2.24, 2.45) is 5.73 Å². The molecular formula is C13H19N3S. The largest absolute Gasteiger partial charge is 0.385 e. The minimum absolute atomic E-state index is 0.113. The minimum Gasteiger partial charge on any atom is -0.385 e. The highest BCUT2D eigenvalue weighted by molar-refractivity contribution is 7.18. The van der Waals surface area contributed by atoms with Crippen molar-refractivity contribution in [2.75, 3.05) is 11.9 Å². The molecule has 0 aliphatic heterocycles. The first-order valence-electron chi connectivity index (χ1n) is 5.84. The Hall–Kier alpha value is -1.13. The number of anilines is 1. The summed E-state index contributed by atoms with van der Waals surface area (Å²) in [5.74, 6) is 0. The van der Waals surface area contributed by atoms with Crippen LogP contribution >= 0.6 is 11.3 Å². The molecule has 0 amide bonds. The van der Waals surface area contributed by atoms with Crippen LogP contribution in [-0.4, -0.2) is 17.1 Å². The lowest BCUT2D eigenvalue weighted by atomic mass is 10.0. The van der Waals surface area contributed by atoms with E-state index in [9.17, 15) is 0 Å². The first-order chi connectivity index (χ1) is 7.94. The van der Waals surface area contributed by atoms with E-state index in [1.165, 1.54) is 4.70 Å². The second-order valence-corrected chi connectivity index (χ2v) is 6.32. The molecule has 3 nitrogen and oxygen atoms in total. The number of benzene rings is 1. The average molecular weight is 249 g/mol. The Morgan fingerprint density at radius 2 is 2.18 bits per heavy atom. The molecule has 0 atom stereocenters. The summed E-state index contributed by atoms with van der Waals surface area (Å²) in [5, 5.41) is 4.51. The van der Waals surface area contributed by atoms with Crippen LogP contribution in [0.2, 0.25) is 0 Å². The number of fused-ring (bicyclic) bond motifs is 1. The predicted octanol–water partition coefficient (Wildman–Crippen LogP) is 3.14. The van der Waals surface area contributed by atoms with Gasteiger partial charge in [0.2, 0.25) is 0 Å². The van der Waals surface area contributed by atoms with Crippen molar-refractivity contribution in [3.63, 3.8) is 0 Å². The molecule has 3 N–H and O–H groups in total. The molecule has 0 radical (unpaired) electrons. The maximum absolute atomic E-state index is 5.95. The number of nitrogens with two attached hydrogens (primary N) is 1. The molecule has 17 heavy (non-hydrogen) atoms. The van der Waals surface area contributed by atoms with E-state index in [1.807, 2.05) is 20.8 Å². The summed E-state index contributed by atoms with van der Waals surface area (Å²) >= 11 is 1.73. The van der Waals surface area contributed by atoms with E-state index in [0.29, 0.717) is 0 Å². The fraction of sp³-hybridized carbons (Fsp3) is 0.462. The normalized spacial score (nSPS) is 12.0. The van der Waals surface area contributed by atoms with E-state index < -0.39 is 0 Å². The maximum atomic E-state index is 5.95. The van der Waals surface area contributed by atoms with Crippen molar-refractivity contribution in [3.8, 4) is 0 Å². The van der Waals surface area contributed by atoms with E-state index in [4.69, 9.17) is 5.73 Å². The number of hydrogen-bond acceptors (Lipinski definition) is 4. The fourth-order valence-electron chi connectivity index (χ4n) is 1.68. The quantitative estimate of drug-likeness (QED) is 0.875. The van der Waals surface area contributed by atoms with Crippen LogP contribution in [0, 0.1) is 6.92 Å². The number of nitrogens with zero attached hydrogens (tertiary/aromatic N) is 1. The number of thiazole rings is 1. The summed E-state index contributed by atoms with van der Waals surface area (Å²) in [6.07, 6.45) is 0.951. The third-order valence-electron chi connectivity index (χ3n) is 2.59. The Balaban J connectivity index is 2.04. The van der Waals surface area contributed by atoms with Crippen molar-refractivity contribution in [1.29, 1.82) is 0 Å². The molecule has 1 heterocycles. The molecule has 0 saturated carbocycles. The van der Waals surface area contributed by atoms with Gasteiger partial charge in [-0.25, -0.2) is 4.98 Å². The fourth-order valence-corrected chi connectivity index (χ4v) is 2.55. The molecular weight excluding hydrogens is 230 g/mol. The van der Waals surface area contributed by atoms with Crippen molar-refractivity contribution in [1.82, 2.24) is 4.98 Å². The molecule has 0 bridgehead atoms. The van der Waals surface area contributed by atoms with Crippen molar-refractivity contribution >= 4 is 27.2 Å². The number of hydrogen-bond donors (Lipinski definition) is 2. The van der Waals surface area contributed by atoms with Crippen LogP contribution in [-0.2, 0) is 0 Å². The Labute approximate surface area is 106 Å². The second kappa shape index (κ2) is 4.63. The number of rotatable bonds is 4. The third-order valence-corrected chi connectivity index (χ3v) is 3.53. The highest BCUT2D eigenvalue weighted by atomic mass is 32.1. The van der Waals surface area contributed by atoms with Crippen LogP contribution in [0.25, 0.3) is 10.2 Å². The van der Waals surface area contributed by atoms with Gasteiger partial charge in [-0.3, -0.25) is 0 Å². The highest BCUT2D eigenvalue weighted by Gasteiger charge is 2.09. The van der Waals surface area contributed by atoms with Crippen molar-refractivity contribution < 1.29 is 0 Å². The molecule has 1 aromatic carbocycles. The number of aromatic nitrogens is 1. The topological polar surface area (TPSA) is 50.9 Å². The molecule has 1 aromatic heterocycles. The van der Waals surface area contributed by atoms with Crippen LogP contribution in [0.5, 0.6) is 0 Å². The van der Waals surface area contributed by atoms with Gasteiger partial charge in [-0.15, -0.1) is 11.3 Å². The van der Waals surface area contributed by atoms with Crippen LogP contribution in [0.15, 0.2) is 18.2 Å². The Morgan fingerprint density at radius 3 is 2.88 bits per heavy atom. The number of nitrogens with one attached hydrogen (secondary N) is 1. The van der Waals surface area contributed by atoms with Crippen molar-refractivity contribution in [2.45, 2.75) is 32.7 Å². The molecule has 2 rings (SSSR count). The van der Waals surface area contributed by atoms with E-state index in [2.05, 4.69) is 28.5 Å². The SMILES string of the molecule is Cc1nc2ccc(NCCC(C)(C)N)cc2s1. The van der Waals surface area contributed by atoms with Gasteiger partial charge in [0.15, 0.2) is 0 Å². The summed E-state index contributed by atoms with van der Waals surface area (Å²) in [6, 6.07) is 6.29. The molecule has 0 fully saturated rings. The molecule has 2 aromatic rings. The second-order valence-electron chi connectivity index (χ2n) is 5.08. The van der Waals surface area contributed by atoms with Gasteiger partial charge >= 0.3 is 0 Å². The van der Waals surface area contributed by atoms with Crippen LogP contribution in [0.1, 0.15) is 25.3 Å². The van der Waals surface area contributed by atoms with Crippen LogP contribution < -0.4 is 11.1 Å². The van der Waals surface area contributed by atoms with Crippen molar-refractivity contribution in [3.05, 3.63) is 23.2 Å². The Morgan fingerprint density at radius 1 is 1.41 bits per heavy atom. The lowest BCUT2D eigenvalue weighted by Crippen LogP contribution is -2.34. The molecule has 4 heteroatoms. The van der Waals surface area contributed by atoms with E-state index >= 15 is 0 Å². The highest BCUT2D eigenvalue weighted by Crippen LogP contribution is 2.24. The lowest BCUT2D eigenvalue weighted by molar-refractivity contribution is 0.491. The smallest absolute Gasteiger partial charge is 0.0907 e. The molecule has 0 spiro atoms. The zero-order valence-electron chi connectivity index (χ0n) is 10.6. The summed E-state index contributed by atoms with van der Waals surface area (Å²) in [7, 11) is 0. The zero-order valence-corrected chi connectivity index (χ0v) is 11.4. The summed E-state index contributed by atoms with van der Waals surface area (Å²) < 4.78 is 1.24. The van der Waals surface area contributed by atoms with Gasteiger partial charge in [0.25, 0.3) is 0 Å². The third kappa shape index (κ3) is 3.41. The lowest BCUT2D eigenvalue weighted by Gasteiger charge is -2.18. The van der Waals surface area contributed by atoms with Crippen LogP contribution in [0.3, 0.4) is 0 Å². The standard InChI is InChI=1S/C13H19N3S/c1-9-16-11-5-4-10(8-12(11)17-9)15-7-6-13(2,3)14/h4-5,8,15H,6-7,14H2,1-3H3. The van der Waals surface area contributed by atoms with Gasteiger partial charge in [-0.2, -0.15) is 0 Å². The summed E-state index contributed by atoms with van der Waals surface area (Å²) in [4.78, 5) is 4.44. The van der Waals surface area contributed by atoms with E-state index in [1.54, 1.807) is 11.3 Å². The molecule has 0 aliphatic rings. The first kappa shape index (κ1) is 12.3. The summed E-state index contributed by atoms with van der Waals surface area (Å²) in [6.45, 7) is 7.02. The van der Waals surface area contributed by atoms with Gasteiger partial charge in [0.1, 0.15) is 0 Å². The van der Waals surface area contributed by atoms with Gasteiger partial charge in [-0.1, -0.05) is 0 Å². The van der Waals surface area contributed by atoms with Gasteiger partial charge in [0, 0.05) is 17.8 Å². The van der Waals surface area contributed by atoms with Gasteiger partial charge < -0.3 is 11.1 Å². The minimum atomic E-state index is -0.113. The van der Waals surface area contributed by atoms with Crippen LogP contribution in [0.4, 0.5) is 5.69 Å². The molecule has 0 unspecified atom stereocenters. The number of aryl methyl sites for hydroxylation is 1. The Bertz CT molecular complexity index is 511. The molecule has 92 valence electrons. The van der Waals surface area contributed by atoms with E-state index in [0.717, 1.165) is 29.2 Å². The maximum Gasteiger partial charge on any atom is 0.0907 e. The van der Waals surface area contributed by atoms with Gasteiger partial charge in [0.05, 0.1) is 15.2 Å². The average Bonchev–Trinajstić information content (AvgIpc) is 2.55. The molecule has 0 aliphatic carbocycles. The Kier molecular flexibility index (Phi) is 3.35. The van der Waals surface area contributed by atoms with E-state index in [-0.39, 0.29) is 5.54 Å². The predicted molar refractivity (Wildman–Crippen MR) is 75.7 cm³/mol. The van der Waals surface area contributed by atoms with Gasteiger partial charge in [-0.05, 0) is 45.4 Å².